The lowest BCUT2D eigenvalue weighted by molar-refractivity contribution is 0.152. The van der Waals surface area contributed by atoms with Crippen LogP contribution in [-0.4, -0.2) is 18.7 Å². The largest absolute Gasteiger partial charge is 0.445 e. The third kappa shape index (κ3) is 1.81. The Bertz CT molecular complexity index is 272. The Kier molecular flexibility index (Phi) is 2.57. The molecule has 14 heavy (non-hydrogen) atoms. The van der Waals surface area contributed by atoms with E-state index in [0.717, 1.165) is 6.42 Å². The van der Waals surface area contributed by atoms with Crippen molar-refractivity contribution in [2.75, 3.05) is 6.61 Å². The van der Waals surface area contributed by atoms with E-state index in [9.17, 15) is 4.79 Å². The standard InChI is InChI=1S/C11H15NO2/c1-2-5-14-11(13)12-10-7-8-3-4-9(10)6-8/h2-4,8-10H,1,5-7H2,(H,12,13). The van der Waals surface area contributed by atoms with Crippen LogP contribution in [0.3, 0.4) is 0 Å². The van der Waals surface area contributed by atoms with Gasteiger partial charge in [-0.1, -0.05) is 24.8 Å². The average molecular weight is 193 g/mol. The van der Waals surface area contributed by atoms with Gasteiger partial charge in [-0.25, -0.2) is 4.79 Å². The Morgan fingerprint density at radius 3 is 3.00 bits per heavy atom. The van der Waals surface area contributed by atoms with Crippen LogP contribution in [0.1, 0.15) is 12.8 Å². The van der Waals surface area contributed by atoms with Crippen molar-refractivity contribution in [1.29, 1.82) is 0 Å². The molecule has 1 amide bonds. The Morgan fingerprint density at radius 1 is 1.57 bits per heavy atom. The SMILES string of the molecule is C=CCOC(=O)NC1CC2C=CC1C2. The molecule has 2 aliphatic carbocycles. The average Bonchev–Trinajstić information content (AvgIpc) is 2.76. The predicted molar refractivity (Wildman–Crippen MR) is 53.8 cm³/mol. The molecule has 2 rings (SSSR count). The maximum Gasteiger partial charge on any atom is 0.407 e. The van der Waals surface area contributed by atoms with E-state index in [-0.39, 0.29) is 18.7 Å². The van der Waals surface area contributed by atoms with Gasteiger partial charge in [0.2, 0.25) is 0 Å². The van der Waals surface area contributed by atoms with Crippen LogP contribution in [0.5, 0.6) is 0 Å². The number of alkyl carbamates (subject to hydrolysis) is 1. The monoisotopic (exact) mass is 193 g/mol. The van der Waals surface area contributed by atoms with Crippen molar-refractivity contribution < 1.29 is 9.53 Å². The van der Waals surface area contributed by atoms with E-state index >= 15 is 0 Å². The highest BCUT2D eigenvalue weighted by molar-refractivity contribution is 5.67. The van der Waals surface area contributed by atoms with Crippen LogP contribution in [0, 0.1) is 11.8 Å². The first kappa shape index (κ1) is 9.31. The second kappa shape index (κ2) is 3.86. The van der Waals surface area contributed by atoms with E-state index in [4.69, 9.17) is 4.74 Å². The summed E-state index contributed by atoms with van der Waals surface area (Å²) < 4.78 is 4.87. The Morgan fingerprint density at radius 2 is 2.43 bits per heavy atom. The number of carbonyl (C=O) groups excluding carboxylic acids is 1. The molecule has 0 aliphatic heterocycles. The maximum atomic E-state index is 11.2. The lowest BCUT2D eigenvalue weighted by Crippen LogP contribution is -2.37. The molecule has 0 radical (unpaired) electrons. The molecular formula is C11H15NO2. The summed E-state index contributed by atoms with van der Waals surface area (Å²) in [6.45, 7) is 3.77. The number of allylic oxidation sites excluding steroid dienone is 1. The highest BCUT2D eigenvalue weighted by atomic mass is 16.5. The molecule has 2 bridgehead atoms. The zero-order chi connectivity index (χ0) is 9.97. The molecule has 3 unspecified atom stereocenters. The Balaban J connectivity index is 1.78. The number of carbonyl (C=O) groups is 1. The van der Waals surface area contributed by atoms with Crippen molar-refractivity contribution in [2.24, 2.45) is 11.8 Å². The van der Waals surface area contributed by atoms with Crippen LogP contribution in [-0.2, 0) is 4.74 Å². The van der Waals surface area contributed by atoms with E-state index in [0.29, 0.717) is 11.8 Å². The first-order chi connectivity index (χ1) is 6.79. The maximum absolute atomic E-state index is 11.2. The summed E-state index contributed by atoms with van der Waals surface area (Å²) in [6.07, 6.45) is 7.94. The second-order valence-corrected chi connectivity index (χ2v) is 3.92. The van der Waals surface area contributed by atoms with Gasteiger partial charge in [0, 0.05) is 6.04 Å². The van der Waals surface area contributed by atoms with Gasteiger partial charge in [-0.2, -0.15) is 0 Å². The Hall–Kier alpha value is -1.25. The highest BCUT2D eigenvalue weighted by Gasteiger charge is 2.36. The minimum Gasteiger partial charge on any atom is -0.445 e. The van der Waals surface area contributed by atoms with Crippen LogP contribution < -0.4 is 5.32 Å². The molecule has 0 saturated heterocycles. The predicted octanol–water partition coefficient (Wildman–Crippen LogP) is 1.86. The first-order valence-electron chi connectivity index (χ1n) is 5.02. The molecule has 0 spiro atoms. The first-order valence-corrected chi connectivity index (χ1v) is 5.02. The molecule has 3 nitrogen and oxygen atoms in total. The zero-order valence-electron chi connectivity index (χ0n) is 8.11. The minimum absolute atomic E-state index is 0.280. The molecule has 1 saturated carbocycles. The van der Waals surface area contributed by atoms with Crippen LogP contribution >= 0.6 is 0 Å². The molecule has 0 aromatic rings. The molecule has 3 heteroatoms. The van der Waals surface area contributed by atoms with E-state index in [2.05, 4.69) is 24.0 Å². The molecule has 3 atom stereocenters. The number of fused-ring (bicyclic) bond motifs is 2. The fraction of sp³-hybridized carbons (Fsp3) is 0.545. The van der Waals surface area contributed by atoms with Gasteiger partial charge in [0.25, 0.3) is 0 Å². The molecule has 1 fully saturated rings. The van der Waals surface area contributed by atoms with Gasteiger partial charge >= 0.3 is 6.09 Å². The number of hydrogen-bond donors (Lipinski definition) is 1. The molecule has 2 aliphatic rings. The van der Waals surface area contributed by atoms with Crippen molar-refractivity contribution in [2.45, 2.75) is 18.9 Å². The second-order valence-electron chi connectivity index (χ2n) is 3.92. The summed E-state index contributed by atoms with van der Waals surface area (Å²) in [7, 11) is 0. The van der Waals surface area contributed by atoms with E-state index in [1.165, 1.54) is 6.42 Å². The van der Waals surface area contributed by atoms with Gasteiger partial charge in [0.15, 0.2) is 0 Å². The third-order valence-corrected chi connectivity index (χ3v) is 2.91. The van der Waals surface area contributed by atoms with Gasteiger partial charge in [0.1, 0.15) is 6.61 Å². The number of nitrogens with one attached hydrogen (secondary N) is 1. The van der Waals surface area contributed by atoms with Gasteiger partial charge < -0.3 is 10.1 Å². The molecular weight excluding hydrogens is 178 g/mol. The van der Waals surface area contributed by atoms with Gasteiger partial charge in [-0.05, 0) is 24.7 Å². The fourth-order valence-electron chi connectivity index (χ4n) is 2.27. The van der Waals surface area contributed by atoms with E-state index in [1.54, 1.807) is 6.08 Å². The lowest BCUT2D eigenvalue weighted by atomic mass is 10.0. The van der Waals surface area contributed by atoms with Crippen LogP contribution in [0.2, 0.25) is 0 Å². The van der Waals surface area contributed by atoms with Crippen LogP contribution in [0.15, 0.2) is 24.8 Å². The van der Waals surface area contributed by atoms with Crippen molar-refractivity contribution in [1.82, 2.24) is 5.32 Å². The summed E-state index contributed by atoms with van der Waals surface area (Å²) >= 11 is 0. The van der Waals surface area contributed by atoms with Crippen molar-refractivity contribution in [3.8, 4) is 0 Å². The summed E-state index contributed by atoms with van der Waals surface area (Å²) in [5, 5.41) is 2.88. The lowest BCUT2D eigenvalue weighted by Gasteiger charge is -2.18. The van der Waals surface area contributed by atoms with Gasteiger partial charge in [-0.15, -0.1) is 0 Å². The molecule has 0 aromatic heterocycles. The van der Waals surface area contributed by atoms with Crippen molar-refractivity contribution >= 4 is 6.09 Å². The number of hydrogen-bond acceptors (Lipinski definition) is 2. The summed E-state index contributed by atoms with van der Waals surface area (Å²) in [6, 6.07) is 0.280. The number of ether oxygens (including phenoxy) is 1. The molecule has 0 heterocycles. The van der Waals surface area contributed by atoms with E-state index in [1.807, 2.05) is 0 Å². The van der Waals surface area contributed by atoms with Crippen molar-refractivity contribution in [3.05, 3.63) is 24.8 Å². The normalized spacial score (nSPS) is 33.0. The van der Waals surface area contributed by atoms with Crippen LogP contribution in [0.25, 0.3) is 0 Å². The Labute approximate surface area is 83.8 Å². The van der Waals surface area contributed by atoms with E-state index < -0.39 is 0 Å². The smallest absolute Gasteiger partial charge is 0.407 e. The zero-order valence-corrected chi connectivity index (χ0v) is 8.11. The summed E-state index contributed by atoms with van der Waals surface area (Å²) in [4.78, 5) is 11.2. The fourth-order valence-corrected chi connectivity index (χ4v) is 2.27. The molecule has 1 N–H and O–H groups in total. The highest BCUT2D eigenvalue weighted by Crippen LogP contribution is 2.38. The van der Waals surface area contributed by atoms with Gasteiger partial charge in [0.05, 0.1) is 0 Å². The summed E-state index contributed by atoms with van der Waals surface area (Å²) in [5.41, 5.74) is 0. The minimum atomic E-state index is -0.323. The molecule has 0 aromatic carbocycles. The number of amides is 1. The molecule has 76 valence electrons. The quantitative estimate of drug-likeness (QED) is 0.695. The third-order valence-electron chi connectivity index (χ3n) is 2.91. The number of rotatable bonds is 3. The van der Waals surface area contributed by atoms with Gasteiger partial charge in [-0.3, -0.25) is 0 Å². The topological polar surface area (TPSA) is 38.3 Å². The van der Waals surface area contributed by atoms with Crippen LogP contribution in [0.4, 0.5) is 4.79 Å². The summed E-state index contributed by atoms with van der Waals surface area (Å²) in [5.74, 6) is 1.20. The van der Waals surface area contributed by atoms with Crippen molar-refractivity contribution in [3.63, 3.8) is 0 Å².